The molecular weight excluding hydrogens is 194 g/mol. The second kappa shape index (κ2) is 5.47. The Morgan fingerprint density at radius 1 is 1.47 bits per heavy atom. The third kappa shape index (κ3) is 8.39. The lowest BCUT2D eigenvalue weighted by Crippen LogP contribution is -2.36. The van der Waals surface area contributed by atoms with Crippen LogP contribution in [0.2, 0.25) is 0 Å². The van der Waals surface area contributed by atoms with Crippen molar-refractivity contribution in [2.24, 2.45) is 0 Å². The van der Waals surface area contributed by atoms with Crippen molar-refractivity contribution in [2.45, 2.75) is 58.9 Å². The number of rotatable bonds is 1. The van der Waals surface area contributed by atoms with Crippen LogP contribution < -0.4 is 5.32 Å². The molecule has 1 atom stereocenters. The molecule has 0 aromatic heterocycles. The topological polar surface area (TPSA) is 47.6 Å². The summed E-state index contributed by atoms with van der Waals surface area (Å²) in [7, 11) is 0. The van der Waals surface area contributed by atoms with Gasteiger partial charge < -0.3 is 9.47 Å². The molecule has 0 aliphatic carbocycles. The average Bonchev–Trinajstić information content (AvgIpc) is 2.27. The van der Waals surface area contributed by atoms with Crippen molar-refractivity contribution in [3.8, 4) is 0 Å². The molecule has 1 heterocycles. The summed E-state index contributed by atoms with van der Waals surface area (Å²) >= 11 is 0. The van der Waals surface area contributed by atoms with E-state index in [-0.39, 0.29) is 11.3 Å². The van der Waals surface area contributed by atoms with E-state index in [0.717, 1.165) is 6.61 Å². The zero-order valence-corrected chi connectivity index (χ0v) is 10.6. The van der Waals surface area contributed by atoms with E-state index in [4.69, 9.17) is 4.74 Å². The van der Waals surface area contributed by atoms with E-state index in [1.54, 1.807) is 0 Å². The highest BCUT2D eigenvalue weighted by Gasteiger charge is 2.27. The fourth-order valence-corrected chi connectivity index (χ4v) is 1.15. The third-order valence-electron chi connectivity index (χ3n) is 1.69. The van der Waals surface area contributed by atoms with Crippen molar-refractivity contribution in [2.75, 3.05) is 6.61 Å². The maximum atomic E-state index is 9.60. The van der Waals surface area contributed by atoms with Crippen molar-refractivity contribution in [1.82, 2.24) is 5.32 Å². The highest BCUT2D eigenvalue weighted by Crippen LogP contribution is 2.12. The van der Waals surface area contributed by atoms with Crippen molar-refractivity contribution in [3.05, 3.63) is 0 Å². The van der Waals surface area contributed by atoms with Crippen LogP contribution in [0.5, 0.6) is 0 Å². The van der Waals surface area contributed by atoms with Crippen LogP contribution in [0.1, 0.15) is 41.5 Å². The van der Waals surface area contributed by atoms with Gasteiger partial charge in [-0.3, -0.25) is 10.1 Å². The van der Waals surface area contributed by atoms with Gasteiger partial charge in [-0.15, -0.1) is 0 Å². The van der Waals surface area contributed by atoms with E-state index < -0.39 is 0 Å². The van der Waals surface area contributed by atoms with Gasteiger partial charge in [-0.1, -0.05) is 0 Å². The maximum Gasteiger partial charge on any atom is 0.293 e. The van der Waals surface area contributed by atoms with Crippen LogP contribution in [-0.4, -0.2) is 30.4 Å². The minimum atomic E-state index is -0.318. The second-order valence-corrected chi connectivity index (χ2v) is 5.19. The Morgan fingerprint density at radius 2 is 2.00 bits per heavy atom. The molecule has 1 N–H and O–H groups in total. The Labute approximate surface area is 92.3 Å². The van der Waals surface area contributed by atoms with Crippen molar-refractivity contribution >= 4 is 6.47 Å². The van der Waals surface area contributed by atoms with Crippen LogP contribution >= 0.6 is 0 Å². The van der Waals surface area contributed by atoms with Crippen molar-refractivity contribution < 1.29 is 14.3 Å². The molecule has 0 aromatic carbocycles. The van der Waals surface area contributed by atoms with Gasteiger partial charge in [0.2, 0.25) is 0 Å². The fraction of sp³-hybridized carbons (Fsp3) is 0.909. The zero-order valence-electron chi connectivity index (χ0n) is 10.6. The first-order chi connectivity index (χ1) is 6.66. The first-order valence-corrected chi connectivity index (χ1v) is 5.19. The molecule has 0 radical (unpaired) electrons. The number of carbonyl (C=O) groups excluding carboxylic acids is 1. The number of nitrogens with one attached hydrogen (secondary N) is 1. The van der Waals surface area contributed by atoms with Crippen molar-refractivity contribution in [3.63, 3.8) is 0 Å². The van der Waals surface area contributed by atoms with Crippen LogP contribution in [0.4, 0.5) is 0 Å². The van der Waals surface area contributed by atoms with Gasteiger partial charge in [-0.05, 0) is 41.5 Å². The van der Waals surface area contributed by atoms with Crippen LogP contribution in [0.3, 0.4) is 0 Å². The summed E-state index contributed by atoms with van der Waals surface area (Å²) in [5.41, 5.74) is -0.402. The lowest BCUT2D eigenvalue weighted by molar-refractivity contribution is -0.138. The molecule has 0 spiro atoms. The molecule has 15 heavy (non-hydrogen) atoms. The molecule has 0 amide bonds. The van der Waals surface area contributed by atoms with E-state index >= 15 is 0 Å². The highest BCUT2D eigenvalue weighted by atomic mass is 16.5. The smallest absolute Gasteiger partial charge is 0.293 e. The molecule has 4 nitrogen and oxygen atoms in total. The summed E-state index contributed by atoms with van der Waals surface area (Å²) in [4.78, 5) is 9.60. The summed E-state index contributed by atoms with van der Waals surface area (Å²) in [5.74, 6) is 0. The lowest BCUT2D eigenvalue weighted by Gasteiger charge is -2.16. The maximum absolute atomic E-state index is 9.60. The Morgan fingerprint density at radius 3 is 2.07 bits per heavy atom. The predicted molar refractivity (Wildman–Crippen MR) is 59.5 cm³/mol. The van der Waals surface area contributed by atoms with Gasteiger partial charge >= 0.3 is 0 Å². The van der Waals surface area contributed by atoms with Gasteiger partial charge in [0.05, 0.1) is 6.61 Å². The molecule has 1 rings (SSSR count). The van der Waals surface area contributed by atoms with Gasteiger partial charge in [0.15, 0.2) is 0 Å². The summed E-state index contributed by atoms with van der Waals surface area (Å²) < 4.78 is 9.89. The van der Waals surface area contributed by atoms with Gasteiger partial charge in [0.25, 0.3) is 6.47 Å². The molecule has 4 heteroatoms. The highest BCUT2D eigenvalue weighted by molar-refractivity contribution is 5.37. The zero-order chi connectivity index (χ0) is 12.1. The Bertz CT molecular complexity index is 196. The molecule has 0 bridgehead atoms. The van der Waals surface area contributed by atoms with Crippen LogP contribution in [-0.2, 0) is 14.3 Å². The largest absolute Gasteiger partial charge is 0.462 e. The summed E-state index contributed by atoms with van der Waals surface area (Å²) in [6.45, 7) is 13.0. The molecule has 1 fully saturated rings. The Kier molecular flexibility index (Phi) is 5.24. The number of hydrogen-bond acceptors (Lipinski definition) is 4. The molecule has 0 saturated carbocycles. The SMILES string of the molecule is CC(C)(C)OC=O.CC1COC(C)(C)N1. The van der Waals surface area contributed by atoms with E-state index in [9.17, 15) is 4.79 Å². The molecule has 1 saturated heterocycles. The average molecular weight is 217 g/mol. The molecule has 1 aliphatic heterocycles. The third-order valence-corrected chi connectivity index (χ3v) is 1.69. The normalized spacial score (nSPS) is 24.0. The van der Waals surface area contributed by atoms with Gasteiger partial charge in [-0.25, -0.2) is 0 Å². The lowest BCUT2D eigenvalue weighted by atomic mass is 10.2. The minimum Gasteiger partial charge on any atom is -0.462 e. The van der Waals surface area contributed by atoms with E-state index in [2.05, 4.69) is 17.0 Å². The standard InChI is InChI=1S/C6H13NO.C5H10O2/c1-5-4-8-6(2,3)7-5;1-5(2,3)7-4-6/h5,7H,4H2,1-3H3;4H,1-3H3. The molecule has 1 aliphatic rings. The first kappa shape index (κ1) is 14.4. The van der Waals surface area contributed by atoms with Gasteiger partial charge in [0, 0.05) is 6.04 Å². The van der Waals surface area contributed by atoms with E-state index in [1.165, 1.54) is 0 Å². The molecule has 90 valence electrons. The predicted octanol–water partition coefficient (Wildman–Crippen LogP) is 1.69. The van der Waals surface area contributed by atoms with Crippen LogP contribution in [0.15, 0.2) is 0 Å². The van der Waals surface area contributed by atoms with Crippen LogP contribution in [0, 0.1) is 0 Å². The van der Waals surface area contributed by atoms with Crippen LogP contribution in [0.25, 0.3) is 0 Å². The first-order valence-electron chi connectivity index (χ1n) is 5.19. The number of ether oxygens (including phenoxy) is 2. The molecular formula is C11H23NO3. The second-order valence-electron chi connectivity index (χ2n) is 5.19. The summed E-state index contributed by atoms with van der Waals surface area (Å²) in [5, 5.41) is 3.27. The number of carbonyl (C=O) groups is 1. The van der Waals surface area contributed by atoms with E-state index in [1.807, 2.05) is 34.6 Å². The number of hydrogen-bond donors (Lipinski definition) is 1. The Balaban J connectivity index is 0.000000265. The quantitative estimate of drug-likeness (QED) is 0.679. The fourth-order valence-electron chi connectivity index (χ4n) is 1.15. The Hall–Kier alpha value is -0.610. The van der Waals surface area contributed by atoms with Crippen molar-refractivity contribution in [1.29, 1.82) is 0 Å². The minimum absolute atomic E-state index is 0.0839. The summed E-state index contributed by atoms with van der Waals surface area (Å²) in [6, 6.07) is 0.519. The monoisotopic (exact) mass is 217 g/mol. The molecule has 0 aromatic rings. The van der Waals surface area contributed by atoms with Gasteiger partial charge in [0.1, 0.15) is 11.3 Å². The summed E-state index contributed by atoms with van der Waals surface area (Å²) in [6.07, 6.45) is 0. The van der Waals surface area contributed by atoms with E-state index in [0.29, 0.717) is 12.5 Å². The molecule has 1 unspecified atom stereocenters. The van der Waals surface area contributed by atoms with Gasteiger partial charge in [-0.2, -0.15) is 0 Å².